The number of hydrogen-bond donors (Lipinski definition) is 1. The number of rotatable bonds is 3. The number of esters is 1. The molecule has 0 aromatic heterocycles. The lowest BCUT2D eigenvalue weighted by Gasteiger charge is -2.37. The molecule has 1 unspecified atom stereocenters. The van der Waals surface area contributed by atoms with Gasteiger partial charge in [-0.2, -0.15) is 0 Å². The number of para-hydroxylation sites is 1. The third kappa shape index (κ3) is 2.56. The first-order valence-electron chi connectivity index (χ1n) is 11.3. The fraction of sp³-hybridized carbons (Fsp3) is 0.179. The van der Waals surface area contributed by atoms with E-state index in [2.05, 4.69) is 24.8 Å². The molecule has 4 aromatic rings. The van der Waals surface area contributed by atoms with Gasteiger partial charge in [-0.1, -0.05) is 36.4 Å². The van der Waals surface area contributed by atoms with Crippen LogP contribution in [-0.2, 0) is 10.3 Å². The monoisotopic (exact) mass is 436 g/mol. The molecule has 2 heterocycles. The first-order valence-corrected chi connectivity index (χ1v) is 11.3. The third-order valence-corrected chi connectivity index (χ3v) is 6.87. The van der Waals surface area contributed by atoms with E-state index in [1.165, 1.54) is 0 Å². The quantitative estimate of drug-likeness (QED) is 0.323. The molecule has 0 saturated heterocycles. The summed E-state index contributed by atoms with van der Waals surface area (Å²) < 4.78 is 12.7. The standard InChI is InChI=1S/C28H24N2O3/c1-3-30(4-2)17-12-14-21-20(16-17)27(31)33-28(21)22-9-5-6-11-24(22)32-25-15-13-18-19(26(25)28)8-7-10-23(18)29/h5-16H,3-4,29H2,1-2H3. The van der Waals surface area contributed by atoms with Gasteiger partial charge in [-0.3, -0.25) is 0 Å². The van der Waals surface area contributed by atoms with Crippen LogP contribution in [0.4, 0.5) is 11.4 Å². The van der Waals surface area contributed by atoms with Crippen LogP contribution in [0.2, 0.25) is 0 Å². The van der Waals surface area contributed by atoms with Gasteiger partial charge in [-0.05, 0) is 55.6 Å². The van der Waals surface area contributed by atoms with E-state index in [9.17, 15) is 4.79 Å². The normalized spacial score (nSPS) is 17.8. The number of anilines is 2. The van der Waals surface area contributed by atoms with Gasteiger partial charge in [0.25, 0.3) is 0 Å². The molecule has 1 spiro atoms. The zero-order chi connectivity index (χ0) is 22.7. The summed E-state index contributed by atoms with van der Waals surface area (Å²) in [6.07, 6.45) is 0. The number of nitrogen functional groups attached to an aromatic ring is 1. The summed E-state index contributed by atoms with van der Waals surface area (Å²) in [4.78, 5) is 15.6. The van der Waals surface area contributed by atoms with Crippen molar-refractivity contribution in [1.29, 1.82) is 0 Å². The summed E-state index contributed by atoms with van der Waals surface area (Å²) >= 11 is 0. The second kappa shape index (κ2) is 7.01. The van der Waals surface area contributed by atoms with E-state index in [0.717, 1.165) is 46.2 Å². The summed E-state index contributed by atoms with van der Waals surface area (Å²) in [6, 6.07) is 23.5. The van der Waals surface area contributed by atoms with Crippen LogP contribution in [0.5, 0.6) is 11.5 Å². The van der Waals surface area contributed by atoms with Crippen molar-refractivity contribution in [3.8, 4) is 11.5 Å². The SMILES string of the molecule is CCN(CC)c1ccc2c(c1)C(=O)OC21c2ccccc2Oc2ccc3c(N)cccc3c21. The van der Waals surface area contributed by atoms with Gasteiger partial charge in [0.15, 0.2) is 5.60 Å². The molecule has 6 rings (SSSR count). The van der Waals surface area contributed by atoms with Gasteiger partial charge in [0.05, 0.1) is 11.1 Å². The molecule has 2 N–H and O–H groups in total. The summed E-state index contributed by atoms with van der Waals surface area (Å²) in [7, 11) is 0. The molecular formula is C28H24N2O3. The first kappa shape index (κ1) is 19.7. The Balaban J connectivity index is 1.71. The van der Waals surface area contributed by atoms with Crippen LogP contribution in [-0.4, -0.2) is 19.1 Å². The summed E-state index contributed by atoms with van der Waals surface area (Å²) in [5.41, 5.74) is 9.94. The number of nitrogens with zero attached hydrogens (tertiary/aromatic N) is 1. The number of fused-ring (bicyclic) bond motifs is 8. The zero-order valence-electron chi connectivity index (χ0n) is 18.6. The van der Waals surface area contributed by atoms with Crippen LogP contribution >= 0.6 is 0 Å². The van der Waals surface area contributed by atoms with Crippen LogP contribution in [0, 0.1) is 0 Å². The maximum Gasteiger partial charge on any atom is 0.340 e. The first-order chi connectivity index (χ1) is 16.1. The second-order valence-corrected chi connectivity index (χ2v) is 8.45. The minimum Gasteiger partial charge on any atom is -0.456 e. The second-order valence-electron chi connectivity index (χ2n) is 8.45. The van der Waals surface area contributed by atoms with Gasteiger partial charge in [-0.25, -0.2) is 4.79 Å². The van der Waals surface area contributed by atoms with Crippen LogP contribution < -0.4 is 15.4 Å². The van der Waals surface area contributed by atoms with Gasteiger partial charge in [0.2, 0.25) is 0 Å². The molecule has 33 heavy (non-hydrogen) atoms. The predicted molar refractivity (Wildman–Crippen MR) is 130 cm³/mol. The van der Waals surface area contributed by atoms with Crippen molar-refractivity contribution in [3.05, 3.63) is 95.1 Å². The van der Waals surface area contributed by atoms with Crippen LogP contribution in [0.15, 0.2) is 72.8 Å². The minimum absolute atomic E-state index is 0.331. The zero-order valence-corrected chi connectivity index (χ0v) is 18.6. The fourth-order valence-electron chi connectivity index (χ4n) is 5.34. The molecule has 0 bridgehead atoms. The highest BCUT2D eigenvalue weighted by atomic mass is 16.6. The molecule has 0 aliphatic carbocycles. The van der Waals surface area contributed by atoms with Crippen LogP contribution in [0.3, 0.4) is 0 Å². The van der Waals surface area contributed by atoms with Gasteiger partial charge in [-0.15, -0.1) is 0 Å². The van der Waals surface area contributed by atoms with Crippen molar-refractivity contribution in [2.75, 3.05) is 23.7 Å². The van der Waals surface area contributed by atoms with Gasteiger partial charge < -0.3 is 20.1 Å². The summed E-state index contributed by atoms with van der Waals surface area (Å²) in [5.74, 6) is 1.02. The molecule has 4 aromatic carbocycles. The van der Waals surface area contributed by atoms with Crippen molar-refractivity contribution in [2.45, 2.75) is 19.4 Å². The lowest BCUT2D eigenvalue weighted by Crippen LogP contribution is -2.33. The Morgan fingerprint density at radius 1 is 0.848 bits per heavy atom. The molecule has 0 saturated carbocycles. The number of benzene rings is 4. The van der Waals surface area contributed by atoms with E-state index in [1.807, 2.05) is 66.7 Å². The summed E-state index contributed by atoms with van der Waals surface area (Å²) in [6.45, 7) is 5.94. The minimum atomic E-state index is -1.11. The number of carbonyl (C=O) groups excluding carboxylic acids is 1. The summed E-state index contributed by atoms with van der Waals surface area (Å²) in [5, 5.41) is 1.82. The highest BCUT2D eigenvalue weighted by molar-refractivity contribution is 6.02. The van der Waals surface area contributed by atoms with Crippen molar-refractivity contribution < 1.29 is 14.3 Å². The highest BCUT2D eigenvalue weighted by Crippen LogP contribution is 2.58. The maximum absolute atomic E-state index is 13.4. The van der Waals surface area contributed by atoms with Crippen molar-refractivity contribution in [2.24, 2.45) is 0 Å². The average molecular weight is 437 g/mol. The Morgan fingerprint density at radius 2 is 1.67 bits per heavy atom. The topological polar surface area (TPSA) is 64.8 Å². The number of nitrogens with two attached hydrogens (primary N) is 1. The van der Waals surface area contributed by atoms with Crippen molar-refractivity contribution >= 4 is 28.1 Å². The maximum atomic E-state index is 13.4. The third-order valence-electron chi connectivity index (χ3n) is 6.87. The molecule has 5 nitrogen and oxygen atoms in total. The Kier molecular flexibility index (Phi) is 4.18. The van der Waals surface area contributed by atoms with Gasteiger partial charge >= 0.3 is 5.97 Å². The van der Waals surface area contributed by atoms with Gasteiger partial charge in [0.1, 0.15) is 11.5 Å². The van der Waals surface area contributed by atoms with E-state index < -0.39 is 5.60 Å². The Morgan fingerprint density at radius 3 is 2.48 bits per heavy atom. The van der Waals surface area contributed by atoms with Gasteiger partial charge in [0, 0.05) is 41.0 Å². The molecular weight excluding hydrogens is 412 g/mol. The smallest absolute Gasteiger partial charge is 0.340 e. The van der Waals surface area contributed by atoms with E-state index in [0.29, 0.717) is 22.7 Å². The molecule has 1 atom stereocenters. The molecule has 0 amide bonds. The van der Waals surface area contributed by atoms with E-state index >= 15 is 0 Å². The molecule has 0 fully saturated rings. The molecule has 5 heteroatoms. The fourth-order valence-corrected chi connectivity index (χ4v) is 5.34. The number of hydrogen-bond acceptors (Lipinski definition) is 5. The lowest BCUT2D eigenvalue weighted by atomic mass is 9.75. The number of ether oxygens (including phenoxy) is 2. The Labute approximate surface area is 192 Å². The van der Waals surface area contributed by atoms with E-state index in [-0.39, 0.29) is 5.97 Å². The molecule has 2 aliphatic rings. The molecule has 2 aliphatic heterocycles. The lowest BCUT2D eigenvalue weighted by molar-refractivity contribution is 0.0229. The average Bonchev–Trinajstić information content (AvgIpc) is 3.12. The van der Waals surface area contributed by atoms with E-state index in [1.54, 1.807) is 0 Å². The highest BCUT2D eigenvalue weighted by Gasteiger charge is 2.54. The van der Waals surface area contributed by atoms with Crippen molar-refractivity contribution in [3.63, 3.8) is 0 Å². The van der Waals surface area contributed by atoms with Crippen molar-refractivity contribution in [1.82, 2.24) is 0 Å². The van der Waals surface area contributed by atoms with Crippen LogP contribution in [0.1, 0.15) is 40.9 Å². The Hall–Kier alpha value is -3.99. The molecule has 0 radical (unpaired) electrons. The molecule has 164 valence electrons. The Bertz CT molecular complexity index is 1440. The number of carbonyl (C=O) groups is 1. The predicted octanol–water partition coefficient (Wildman–Crippen LogP) is 5.84. The largest absolute Gasteiger partial charge is 0.456 e. The van der Waals surface area contributed by atoms with Crippen LogP contribution in [0.25, 0.3) is 10.8 Å². The van der Waals surface area contributed by atoms with E-state index in [4.69, 9.17) is 15.2 Å².